The maximum absolute atomic E-state index is 5.34. The van der Waals surface area contributed by atoms with Gasteiger partial charge in [0.15, 0.2) is 0 Å². The van der Waals surface area contributed by atoms with E-state index in [9.17, 15) is 0 Å². The van der Waals surface area contributed by atoms with Gasteiger partial charge in [-0.3, -0.25) is 4.90 Å². The van der Waals surface area contributed by atoms with Crippen LogP contribution in [0.4, 0.5) is 0 Å². The first-order chi connectivity index (χ1) is 8.25. The predicted molar refractivity (Wildman–Crippen MR) is 72.1 cm³/mol. The summed E-state index contributed by atoms with van der Waals surface area (Å²) in [6, 6.07) is 8.62. The molecule has 0 radical (unpaired) electrons. The first kappa shape index (κ1) is 12.3. The molecule has 2 nitrogen and oxygen atoms in total. The molecular weight excluding hydrogens is 210 g/mol. The highest BCUT2D eigenvalue weighted by atomic mass is 16.5. The Bertz CT molecular complexity index is 363. The van der Waals surface area contributed by atoms with Gasteiger partial charge in [-0.1, -0.05) is 36.4 Å². The van der Waals surface area contributed by atoms with Crippen molar-refractivity contribution in [1.82, 2.24) is 4.90 Å². The van der Waals surface area contributed by atoms with Gasteiger partial charge in [-0.05, 0) is 24.5 Å². The molecule has 1 aromatic rings. The fraction of sp³-hybridized carbons (Fsp3) is 0.467. The number of benzene rings is 1. The molecule has 0 aromatic heterocycles. The Morgan fingerprint density at radius 3 is 2.53 bits per heavy atom. The molecule has 17 heavy (non-hydrogen) atoms. The number of hydrogen-bond acceptors (Lipinski definition) is 2. The highest BCUT2D eigenvalue weighted by Crippen LogP contribution is 2.17. The zero-order valence-corrected chi connectivity index (χ0v) is 10.6. The molecule has 1 fully saturated rings. The van der Waals surface area contributed by atoms with Crippen molar-refractivity contribution in [2.24, 2.45) is 0 Å². The Morgan fingerprint density at radius 1 is 1.24 bits per heavy atom. The molecule has 1 heterocycles. The van der Waals surface area contributed by atoms with E-state index in [-0.39, 0.29) is 0 Å². The van der Waals surface area contributed by atoms with E-state index in [0.717, 1.165) is 39.3 Å². The van der Waals surface area contributed by atoms with Crippen molar-refractivity contribution in [2.75, 3.05) is 32.8 Å². The first-order valence-corrected chi connectivity index (χ1v) is 6.30. The summed E-state index contributed by atoms with van der Waals surface area (Å²) in [5.41, 5.74) is 3.80. The molecule has 0 N–H and O–H groups in total. The molecule has 1 aliphatic rings. The Kier molecular flexibility index (Phi) is 4.35. The molecule has 2 rings (SSSR count). The summed E-state index contributed by atoms with van der Waals surface area (Å²) in [6.07, 6.45) is 1.04. The van der Waals surface area contributed by atoms with E-state index in [0.29, 0.717) is 0 Å². The molecule has 0 atom stereocenters. The van der Waals surface area contributed by atoms with Crippen LogP contribution in [-0.4, -0.2) is 37.7 Å². The minimum Gasteiger partial charge on any atom is -0.379 e. The van der Waals surface area contributed by atoms with E-state index in [2.05, 4.69) is 42.7 Å². The van der Waals surface area contributed by atoms with Crippen LogP contribution < -0.4 is 0 Å². The quantitative estimate of drug-likeness (QED) is 0.790. The van der Waals surface area contributed by atoms with Gasteiger partial charge in [0.25, 0.3) is 0 Å². The molecule has 0 spiro atoms. The highest BCUT2D eigenvalue weighted by molar-refractivity contribution is 5.63. The van der Waals surface area contributed by atoms with Crippen molar-refractivity contribution in [3.63, 3.8) is 0 Å². The molecule has 0 bridgehead atoms. The number of hydrogen-bond donors (Lipinski definition) is 0. The van der Waals surface area contributed by atoms with Crippen molar-refractivity contribution in [1.29, 1.82) is 0 Å². The van der Waals surface area contributed by atoms with Crippen LogP contribution in [0.25, 0.3) is 5.57 Å². The van der Waals surface area contributed by atoms with Crippen molar-refractivity contribution in [3.8, 4) is 0 Å². The maximum atomic E-state index is 5.34. The van der Waals surface area contributed by atoms with Gasteiger partial charge in [-0.25, -0.2) is 0 Å². The van der Waals surface area contributed by atoms with Crippen LogP contribution in [0.15, 0.2) is 30.8 Å². The van der Waals surface area contributed by atoms with Gasteiger partial charge in [0.2, 0.25) is 0 Å². The standard InChI is InChI=1S/C15H21NO/c1-13-3-5-15(6-4-13)14(2)7-8-16-9-11-17-12-10-16/h3-6H,2,7-12H2,1H3. The summed E-state index contributed by atoms with van der Waals surface area (Å²) in [5, 5.41) is 0. The summed E-state index contributed by atoms with van der Waals surface area (Å²) in [7, 11) is 0. The summed E-state index contributed by atoms with van der Waals surface area (Å²) in [6.45, 7) is 11.2. The van der Waals surface area contributed by atoms with E-state index in [1.807, 2.05) is 0 Å². The minimum atomic E-state index is 0.872. The smallest absolute Gasteiger partial charge is 0.0594 e. The van der Waals surface area contributed by atoms with Crippen LogP contribution in [-0.2, 0) is 4.74 Å². The SMILES string of the molecule is C=C(CCN1CCOCC1)c1ccc(C)cc1. The lowest BCUT2D eigenvalue weighted by Crippen LogP contribution is -2.36. The first-order valence-electron chi connectivity index (χ1n) is 6.30. The molecular formula is C15H21NO. The van der Waals surface area contributed by atoms with Crippen LogP contribution in [0.2, 0.25) is 0 Å². The number of morpholine rings is 1. The third-order valence-electron chi connectivity index (χ3n) is 3.29. The van der Waals surface area contributed by atoms with E-state index in [4.69, 9.17) is 4.74 Å². The summed E-state index contributed by atoms with van der Waals surface area (Å²) >= 11 is 0. The van der Waals surface area contributed by atoms with Gasteiger partial charge in [-0.2, -0.15) is 0 Å². The van der Waals surface area contributed by atoms with Crippen molar-refractivity contribution < 1.29 is 4.74 Å². The molecule has 1 aromatic carbocycles. The van der Waals surface area contributed by atoms with E-state index in [1.165, 1.54) is 16.7 Å². The molecule has 0 unspecified atom stereocenters. The summed E-state index contributed by atoms with van der Waals surface area (Å²) in [4.78, 5) is 2.45. The van der Waals surface area contributed by atoms with Crippen molar-refractivity contribution in [2.45, 2.75) is 13.3 Å². The lowest BCUT2D eigenvalue weighted by Gasteiger charge is -2.26. The molecule has 1 saturated heterocycles. The molecule has 0 aliphatic carbocycles. The second-order valence-electron chi connectivity index (χ2n) is 4.67. The van der Waals surface area contributed by atoms with Crippen LogP contribution in [0, 0.1) is 6.92 Å². The summed E-state index contributed by atoms with van der Waals surface area (Å²) in [5.74, 6) is 0. The van der Waals surface area contributed by atoms with Gasteiger partial charge >= 0.3 is 0 Å². The lowest BCUT2D eigenvalue weighted by molar-refractivity contribution is 0.0390. The number of nitrogens with zero attached hydrogens (tertiary/aromatic N) is 1. The molecule has 0 amide bonds. The van der Waals surface area contributed by atoms with Gasteiger partial charge in [0, 0.05) is 19.6 Å². The van der Waals surface area contributed by atoms with Crippen LogP contribution >= 0.6 is 0 Å². The van der Waals surface area contributed by atoms with Crippen LogP contribution in [0.1, 0.15) is 17.5 Å². The fourth-order valence-electron chi connectivity index (χ4n) is 2.05. The van der Waals surface area contributed by atoms with Crippen molar-refractivity contribution in [3.05, 3.63) is 42.0 Å². The molecule has 0 saturated carbocycles. The van der Waals surface area contributed by atoms with E-state index in [1.54, 1.807) is 0 Å². The Balaban J connectivity index is 1.82. The van der Waals surface area contributed by atoms with Crippen molar-refractivity contribution >= 4 is 5.57 Å². The Labute approximate surface area is 104 Å². The van der Waals surface area contributed by atoms with Crippen LogP contribution in [0.5, 0.6) is 0 Å². The van der Waals surface area contributed by atoms with Gasteiger partial charge in [-0.15, -0.1) is 0 Å². The topological polar surface area (TPSA) is 12.5 Å². The average molecular weight is 231 g/mol. The largest absolute Gasteiger partial charge is 0.379 e. The predicted octanol–water partition coefficient (Wildman–Crippen LogP) is 2.73. The molecule has 1 aliphatic heterocycles. The zero-order valence-electron chi connectivity index (χ0n) is 10.6. The lowest BCUT2D eigenvalue weighted by atomic mass is 10.0. The normalized spacial score (nSPS) is 17.0. The Morgan fingerprint density at radius 2 is 1.88 bits per heavy atom. The Hall–Kier alpha value is -1.12. The van der Waals surface area contributed by atoms with E-state index < -0.39 is 0 Å². The zero-order chi connectivity index (χ0) is 12.1. The minimum absolute atomic E-state index is 0.872. The van der Waals surface area contributed by atoms with Gasteiger partial charge in [0.1, 0.15) is 0 Å². The third kappa shape index (κ3) is 3.69. The number of ether oxygens (including phenoxy) is 1. The average Bonchev–Trinajstić information content (AvgIpc) is 2.38. The fourth-order valence-corrected chi connectivity index (χ4v) is 2.05. The number of aryl methyl sites for hydroxylation is 1. The second-order valence-corrected chi connectivity index (χ2v) is 4.67. The highest BCUT2D eigenvalue weighted by Gasteiger charge is 2.10. The van der Waals surface area contributed by atoms with Gasteiger partial charge in [0.05, 0.1) is 13.2 Å². The maximum Gasteiger partial charge on any atom is 0.0594 e. The van der Waals surface area contributed by atoms with Gasteiger partial charge < -0.3 is 4.74 Å². The summed E-state index contributed by atoms with van der Waals surface area (Å²) < 4.78 is 5.34. The molecule has 92 valence electrons. The second kappa shape index (κ2) is 5.99. The third-order valence-corrected chi connectivity index (χ3v) is 3.29. The monoisotopic (exact) mass is 231 g/mol. The number of rotatable bonds is 4. The van der Waals surface area contributed by atoms with Crippen LogP contribution in [0.3, 0.4) is 0 Å². The molecule has 2 heteroatoms. The van der Waals surface area contributed by atoms with E-state index >= 15 is 0 Å².